The molecule has 0 bridgehead atoms. The van der Waals surface area contributed by atoms with Gasteiger partial charge in [0.25, 0.3) is 0 Å². The van der Waals surface area contributed by atoms with E-state index in [1.54, 1.807) is 12.1 Å². The molecule has 6 heteroatoms. The van der Waals surface area contributed by atoms with Gasteiger partial charge in [0.05, 0.1) is 4.90 Å². The third-order valence-corrected chi connectivity index (χ3v) is 4.09. The Hall–Kier alpha value is -0.950. The van der Waals surface area contributed by atoms with Crippen LogP contribution in [0.1, 0.15) is 18.4 Å². The summed E-state index contributed by atoms with van der Waals surface area (Å²) in [7, 11) is -3.62. The van der Waals surface area contributed by atoms with Crippen molar-refractivity contribution in [2.75, 3.05) is 13.1 Å². The molecule has 18 heavy (non-hydrogen) atoms. The SMILES string of the molecule is N[C@@H]1CCCN(Cc2cccc(S(N)(=O)=O)c2)C1. The third-order valence-electron chi connectivity index (χ3n) is 3.18. The Labute approximate surface area is 108 Å². The molecule has 0 aromatic heterocycles. The highest BCUT2D eigenvalue weighted by Gasteiger charge is 2.17. The van der Waals surface area contributed by atoms with Crippen LogP contribution in [0.5, 0.6) is 0 Å². The lowest BCUT2D eigenvalue weighted by Crippen LogP contribution is -2.42. The first-order chi connectivity index (χ1) is 8.45. The van der Waals surface area contributed by atoms with E-state index in [2.05, 4.69) is 4.90 Å². The van der Waals surface area contributed by atoms with Gasteiger partial charge < -0.3 is 5.73 Å². The van der Waals surface area contributed by atoms with Gasteiger partial charge in [-0.1, -0.05) is 12.1 Å². The summed E-state index contributed by atoms with van der Waals surface area (Å²) in [5, 5.41) is 5.12. The lowest BCUT2D eigenvalue weighted by molar-refractivity contribution is 0.201. The molecular formula is C12H19N3O2S. The van der Waals surface area contributed by atoms with Crippen molar-refractivity contribution in [3.63, 3.8) is 0 Å². The second-order valence-corrected chi connectivity index (χ2v) is 6.39. The van der Waals surface area contributed by atoms with Gasteiger partial charge in [-0.3, -0.25) is 4.90 Å². The highest BCUT2D eigenvalue weighted by molar-refractivity contribution is 7.89. The zero-order valence-corrected chi connectivity index (χ0v) is 11.1. The Morgan fingerprint density at radius 1 is 1.39 bits per heavy atom. The van der Waals surface area contributed by atoms with Crippen molar-refractivity contribution in [1.82, 2.24) is 4.90 Å². The smallest absolute Gasteiger partial charge is 0.238 e. The maximum Gasteiger partial charge on any atom is 0.238 e. The molecule has 1 heterocycles. The Kier molecular flexibility index (Phi) is 4.01. The van der Waals surface area contributed by atoms with Gasteiger partial charge in [0.2, 0.25) is 10.0 Å². The molecule has 4 N–H and O–H groups in total. The van der Waals surface area contributed by atoms with Gasteiger partial charge in [-0.2, -0.15) is 0 Å². The average molecular weight is 269 g/mol. The predicted molar refractivity (Wildman–Crippen MR) is 70.3 cm³/mol. The van der Waals surface area contributed by atoms with Crippen molar-refractivity contribution < 1.29 is 8.42 Å². The summed E-state index contributed by atoms with van der Waals surface area (Å²) in [4.78, 5) is 2.41. The van der Waals surface area contributed by atoms with Crippen molar-refractivity contribution in [2.24, 2.45) is 10.9 Å². The zero-order chi connectivity index (χ0) is 13.2. The molecule has 2 rings (SSSR count). The summed E-state index contributed by atoms with van der Waals surface area (Å²) in [5.74, 6) is 0. The van der Waals surface area contributed by atoms with E-state index in [4.69, 9.17) is 10.9 Å². The minimum atomic E-state index is -3.62. The van der Waals surface area contributed by atoms with E-state index in [0.29, 0.717) is 0 Å². The fourth-order valence-corrected chi connectivity index (χ4v) is 2.90. The van der Waals surface area contributed by atoms with Gasteiger partial charge in [0.15, 0.2) is 0 Å². The number of primary sulfonamides is 1. The number of nitrogens with zero attached hydrogens (tertiary/aromatic N) is 1. The lowest BCUT2D eigenvalue weighted by Gasteiger charge is -2.30. The van der Waals surface area contributed by atoms with Crippen molar-refractivity contribution in [3.8, 4) is 0 Å². The first-order valence-electron chi connectivity index (χ1n) is 6.05. The monoisotopic (exact) mass is 269 g/mol. The molecular weight excluding hydrogens is 250 g/mol. The molecule has 1 aliphatic heterocycles. The van der Waals surface area contributed by atoms with E-state index in [-0.39, 0.29) is 10.9 Å². The molecule has 0 unspecified atom stereocenters. The molecule has 1 aliphatic rings. The van der Waals surface area contributed by atoms with Gasteiger partial charge in [0.1, 0.15) is 0 Å². The zero-order valence-electron chi connectivity index (χ0n) is 10.2. The fourth-order valence-electron chi connectivity index (χ4n) is 2.31. The number of hydrogen-bond acceptors (Lipinski definition) is 4. The van der Waals surface area contributed by atoms with Crippen molar-refractivity contribution in [3.05, 3.63) is 29.8 Å². The molecule has 0 amide bonds. The van der Waals surface area contributed by atoms with Crippen molar-refractivity contribution in [1.29, 1.82) is 0 Å². The molecule has 1 saturated heterocycles. The maximum atomic E-state index is 11.3. The number of rotatable bonds is 3. The highest BCUT2D eigenvalue weighted by Crippen LogP contribution is 2.15. The topological polar surface area (TPSA) is 89.4 Å². The van der Waals surface area contributed by atoms with Crippen molar-refractivity contribution >= 4 is 10.0 Å². The van der Waals surface area contributed by atoms with E-state index in [1.165, 1.54) is 6.07 Å². The number of benzene rings is 1. The van der Waals surface area contributed by atoms with E-state index in [9.17, 15) is 8.42 Å². The second-order valence-electron chi connectivity index (χ2n) is 4.83. The van der Waals surface area contributed by atoms with Crippen LogP contribution in [0.2, 0.25) is 0 Å². The van der Waals surface area contributed by atoms with Gasteiger partial charge >= 0.3 is 0 Å². The minimum absolute atomic E-state index is 0.168. The number of likely N-dealkylation sites (tertiary alicyclic amines) is 1. The molecule has 0 aliphatic carbocycles. The largest absolute Gasteiger partial charge is 0.327 e. The second kappa shape index (κ2) is 5.36. The number of hydrogen-bond donors (Lipinski definition) is 2. The first-order valence-corrected chi connectivity index (χ1v) is 7.59. The molecule has 0 radical (unpaired) electrons. The summed E-state index contributed by atoms with van der Waals surface area (Å²) in [6, 6.07) is 7.00. The van der Waals surface area contributed by atoms with Crippen LogP contribution >= 0.6 is 0 Å². The highest BCUT2D eigenvalue weighted by atomic mass is 32.2. The molecule has 100 valence electrons. The van der Waals surface area contributed by atoms with E-state index >= 15 is 0 Å². The van der Waals surface area contributed by atoms with Crippen LogP contribution in [0.3, 0.4) is 0 Å². The average Bonchev–Trinajstić information content (AvgIpc) is 2.28. The molecule has 1 aromatic carbocycles. The van der Waals surface area contributed by atoms with Crippen LogP contribution in [0.4, 0.5) is 0 Å². The number of sulfonamides is 1. The fraction of sp³-hybridized carbons (Fsp3) is 0.500. The summed E-state index contributed by atoms with van der Waals surface area (Å²) in [6.45, 7) is 2.59. The van der Waals surface area contributed by atoms with Crippen LogP contribution < -0.4 is 10.9 Å². The Morgan fingerprint density at radius 2 is 2.17 bits per heavy atom. The van der Waals surface area contributed by atoms with Crippen molar-refractivity contribution in [2.45, 2.75) is 30.3 Å². The maximum absolute atomic E-state index is 11.3. The summed E-state index contributed by atoms with van der Waals surface area (Å²) < 4.78 is 22.5. The van der Waals surface area contributed by atoms with E-state index in [0.717, 1.165) is 38.0 Å². The van der Waals surface area contributed by atoms with Crippen LogP contribution in [-0.2, 0) is 16.6 Å². The molecule has 5 nitrogen and oxygen atoms in total. The van der Waals surface area contributed by atoms with Gasteiger partial charge in [-0.15, -0.1) is 0 Å². The van der Waals surface area contributed by atoms with Crippen LogP contribution in [0, 0.1) is 0 Å². The lowest BCUT2D eigenvalue weighted by atomic mass is 10.1. The van der Waals surface area contributed by atoms with E-state index in [1.807, 2.05) is 6.07 Å². The summed E-state index contributed by atoms with van der Waals surface area (Å²) in [6.07, 6.45) is 2.16. The van der Waals surface area contributed by atoms with Gasteiger partial charge in [-0.25, -0.2) is 13.6 Å². The number of nitrogens with two attached hydrogens (primary N) is 2. The number of piperidine rings is 1. The normalized spacial score (nSPS) is 22.0. The standard InChI is InChI=1S/C12H19N3O2S/c13-11-4-2-6-15(9-11)8-10-3-1-5-12(7-10)18(14,16)17/h1,3,5,7,11H,2,4,6,8-9,13H2,(H2,14,16,17)/t11-/m1/s1. The molecule has 0 saturated carbocycles. The van der Waals surface area contributed by atoms with Crippen LogP contribution in [0.25, 0.3) is 0 Å². The Balaban J connectivity index is 2.10. The summed E-state index contributed by atoms with van der Waals surface area (Å²) in [5.41, 5.74) is 6.87. The summed E-state index contributed by atoms with van der Waals surface area (Å²) >= 11 is 0. The predicted octanol–water partition coefficient (Wildman–Crippen LogP) is 0.257. The molecule has 0 spiro atoms. The molecule has 1 aromatic rings. The molecule has 1 atom stereocenters. The van der Waals surface area contributed by atoms with Gasteiger partial charge in [-0.05, 0) is 37.1 Å². The third kappa shape index (κ3) is 3.52. The Bertz CT molecular complexity index is 516. The Morgan fingerprint density at radius 3 is 2.83 bits per heavy atom. The van der Waals surface area contributed by atoms with Gasteiger partial charge in [0, 0.05) is 19.1 Å². The quantitative estimate of drug-likeness (QED) is 0.823. The van der Waals surface area contributed by atoms with Crippen LogP contribution in [-0.4, -0.2) is 32.4 Å². The van der Waals surface area contributed by atoms with E-state index < -0.39 is 10.0 Å². The van der Waals surface area contributed by atoms with Crippen LogP contribution in [0.15, 0.2) is 29.2 Å². The first kappa shape index (κ1) is 13.5. The molecule has 1 fully saturated rings. The minimum Gasteiger partial charge on any atom is -0.327 e.